The van der Waals surface area contributed by atoms with E-state index in [0.29, 0.717) is 17.2 Å². The van der Waals surface area contributed by atoms with Crippen LogP contribution < -0.4 is 19.9 Å². The highest BCUT2D eigenvalue weighted by molar-refractivity contribution is 6.04. The average Bonchev–Trinajstić information content (AvgIpc) is 2.69. The maximum Gasteiger partial charge on any atom is 0.335 e. The lowest BCUT2D eigenvalue weighted by molar-refractivity contribution is -0.119. The van der Waals surface area contributed by atoms with Gasteiger partial charge < -0.3 is 30.1 Å². The van der Waals surface area contributed by atoms with Crippen LogP contribution in [0.2, 0.25) is 0 Å². The second-order valence-corrected chi connectivity index (χ2v) is 6.30. The molecule has 2 aromatic rings. The number of ether oxygens (including phenoxy) is 1. The lowest BCUT2D eigenvalue weighted by Crippen LogP contribution is -2.49. The van der Waals surface area contributed by atoms with Crippen LogP contribution in [-0.4, -0.2) is 65.4 Å². The molecule has 1 aromatic carbocycles. The number of carbonyl (C=O) groups excluding carboxylic acids is 1. The fourth-order valence-corrected chi connectivity index (χ4v) is 2.83. The number of anilines is 4. The third kappa shape index (κ3) is 3.54. The number of carboxylic acids is 1. The van der Waals surface area contributed by atoms with E-state index in [2.05, 4.69) is 15.3 Å². The Morgan fingerprint density at radius 3 is 2.79 bits per heavy atom. The maximum atomic E-state index is 12.2. The van der Waals surface area contributed by atoms with Crippen molar-refractivity contribution < 1.29 is 24.5 Å². The van der Waals surface area contributed by atoms with Crippen molar-refractivity contribution in [1.82, 2.24) is 9.97 Å². The Labute approximate surface area is 161 Å². The van der Waals surface area contributed by atoms with E-state index in [-0.39, 0.29) is 42.4 Å². The molecular formula is C18H21N5O5. The molecule has 0 saturated heterocycles. The number of amides is 1. The first-order chi connectivity index (χ1) is 13.3. The molecule has 0 spiro atoms. The fraction of sp³-hybridized carbons (Fsp3) is 0.333. The number of rotatable bonds is 6. The molecule has 0 bridgehead atoms. The standard InChI is InChI=1S/C18H21N5O5/c1-10-16(25)23(3)13-9-19-18(21-15(13)22(10)2)20-12-5-4-11(17(26)27)8-14(12)28-7-6-24/h4-5,8-10,24H,6-7H2,1-3H3,(H,26,27)(H,19,20,21)/t10-/m1/s1. The van der Waals surface area contributed by atoms with Crippen molar-refractivity contribution in [3.63, 3.8) is 0 Å². The van der Waals surface area contributed by atoms with Crippen LogP contribution in [0.25, 0.3) is 0 Å². The summed E-state index contributed by atoms with van der Waals surface area (Å²) < 4.78 is 5.44. The van der Waals surface area contributed by atoms with Crippen LogP contribution in [-0.2, 0) is 4.79 Å². The molecule has 1 aliphatic rings. The molecule has 3 N–H and O–H groups in total. The number of carboxylic acid groups (broad SMARTS) is 1. The van der Waals surface area contributed by atoms with E-state index in [9.17, 15) is 9.59 Å². The van der Waals surface area contributed by atoms with E-state index in [1.807, 2.05) is 0 Å². The summed E-state index contributed by atoms with van der Waals surface area (Å²) in [6, 6.07) is 3.97. The molecule has 0 unspecified atom stereocenters. The Morgan fingerprint density at radius 2 is 2.11 bits per heavy atom. The van der Waals surface area contributed by atoms with Gasteiger partial charge in [0.05, 0.1) is 24.1 Å². The number of aromatic carboxylic acids is 1. The highest BCUT2D eigenvalue weighted by Crippen LogP contribution is 2.34. The molecule has 3 rings (SSSR count). The van der Waals surface area contributed by atoms with Crippen molar-refractivity contribution in [2.24, 2.45) is 0 Å². The molecule has 1 aromatic heterocycles. The summed E-state index contributed by atoms with van der Waals surface area (Å²) in [5, 5.41) is 21.2. The first-order valence-electron chi connectivity index (χ1n) is 8.59. The fourth-order valence-electron chi connectivity index (χ4n) is 2.83. The number of aliphatic hydroxyl groups excluding tert-OH is 1. The van der Waals surface area contributed by atoms with Gasteiger partial charge in [-0.1, -0.05) is 0 Å². The SMILES string of the molecule is C[C@@H]1C(=O)N(C)c2cnc(Nc3ccc(C(=O)O)cc3OCCO)nc2N1C. The molecule has 148 valence electrons. The largest absolute Gasteiger partial charge is 0.489 e. The maximum absolute atomic E-state index is 12.2. The number of nitrogens with one attached hydrogen (secondary N) is 1. The summed E-state index contributed by atoms with van der Waals surface area (Å²) in [6.45, 7) is 1.59. The van der Waals surface area contributed by atoms with Gasteiger partial charge in [0.2, 0.25) is 11.9 Å². The predicted molar refractivity (Wildman–Crippen MR) is 103 cm³/mol. The molecule has 28 heavy (non-hydrogen) atoms. The Balaban J connectivity index is 1.94. The summed E-state index contributed by atoms with van der Waals surface area (Å²) >= 11 is 0. The Bertz CT molecular complexity index is 919. The van der Waals surface area contributed by atoms with Crippen LogP contribution in [0.15, 0.2) is 24.4 Å². The van der Waals surface area contributed by atoms with Gasteiger partial charge in [-0.15, -0.1) is 0 Å². The highest BCUT2D eigenvalue weighted by atomic mass is 16.5. The number of fused-ring (bicyclic) bond motifs is 1. The van der Waals surface area contributed by atoms with Crippen molar-refractivity contribution in [2.75, 3.05) is 42.4 Å². The predicted octanol–water partition coefficient (Wildman–Crippen LogP) is 1.09. The van der Waals surface area contributed by atoms with Gasteiger partial charge in [0.1, 0.15) is 24.1 Å². The third-order valence-corrected chi connectivity index (χ3v) is 4.54. The van der Waals surface area contributed by atoms with E-state index in [4.69, 9.17) is 14.9 Å². The minimum absolute atomic E-state index is 0.00988. The number of hydrogen-bond donors (Lipinski definition) is 3. The third-order valence-electron chi connectivity index (χ3n) is 4.54. The summed E-state index contributed by atoms with van der Waals surface area (Å²) in [5.74, 6) is -0.0363. The van der Waals surface area contributed by atoms with Gasteiger partial charge in [0.15, 0.2) is 5.82 Å². The zero-order valence-corrected chi connectivity index (χ0v) is 15.7. The minimum Gasteiger partial charge on any atom is -0.489 e. The highest BCUT2D eigenvalue weighted by Gasteiger charge is 2.33. The van der Waals surface area contributed by atoms with Gasteiger partial charge in [-0.2, -0.15) is 4.98 Å². The molecule has 0 fully saturated rings. The van der Waals surface area contributed by atoms with Crippen LogP contribution in [0, 0.1) is 0 Å². The van der Waals surface area contributed by atoms with E-state index in [1.54, 1.807) is 38.2 Å². The number of benzene rings is 1. The van der Waals surface area contributed by atoms with Gasteiger partial charge >= 0.3 is 5.97 Å². The Kier molecular flexibility index (Phi) is 5.32. The van der Waals surface area contributed by atoms with Gasteiger partial charge in [-0.25, -0.2) is 9.78 Å². The summed E-state index contributed by atoms with van der Waals surface area (Å²) in [5.41, 5.74) is 1.10. The Hall–Kier alpha value is -3.40. The Morgan fingerprint density at radius 1 is 1.36 bits per heavy atom. The smallest absolute Gasteiger partial charge is 0.335 e. The van der Waals surface area contributed by atoms with Gasteiger partial charge in [0.25, 0.3) is 0 Å². The zero-order valence-electron chi connectivity index (χ0n) is 15.7. The topological polar surface area (TPSA) is 128 Å². The number of hydrogen-bond acceptors (Lipinski definition) is 8. The molecule has 2 heterocycles. The minimum atomic E-state index is -1.09. The number of aliphatic hydroxyl groups is 1. The van der Waals surface area contributed by atoms with Crippen LogP contribution in [0.4, 0.5) is 23.1 Å². The van der Waals surface area contributed by atoms with E-state index >= 15 is 0 Å². The van der Waals surface area contributed by atoms with E-state index in [0.717, 1.165) is 0 Å². The van der Waals surface area contributed by atoms with Crippen LogP contribution >= 0.6 is 0 Å². The van der Waals surface area contributed by atoms with E-state index in [1.165, 1.54) is 17.0 Å². The van der Waals surface area contributed by atoms with Crippen molar-refractivity contribution >= 4 is 35.0 Å². The van der Waals surface area contributed by atoms with Gasteiger partial charge in [-0.05, 0) is 25.1 Å². The van der Waals surface area contributed by atoms with Crippen molar-refractivity contribution in [2.45, 2.75) is 13.0 Å². The second kappa shape index (κ2) is 7.69. The second-order valence-electron chi connectivity index (χ2n) is 6.30. The number of aromatic nitrogens is 2. The molecule has 10 heteroatoms. The molecule has 0 radical (unpaired) electrons. The summed E-state index contributed by atoms with van der Waals surface area (Å²) in [6.07, 6.45) is 1.55. The number of carbonyl (C=O) groups is 2. The number of likely N-dealkylation sites (N-methyl/N-ethyl adjacent to an activating group) is 2. The molecule has 1 atom stereocenters. The molecule has 0 saturated carbocycles. The normalized spacial score (nSPS) is 16.0. The van der Waals surface area contributed by atoms with Gasteiger partial charge in [0, 0.05) is 14.1 Å². The van der Waals surface area contributed by atoms with Crippen molar-refractivity contribution in [3.05, 3.63) is 30.0 Å². The lowest BCUT2D eigenvalue weighted by Gasteiger charge is -2.36. The molecule has 0 aliphatic carbocycles. The lowest BCUT2D eigenvalue weighted by atomic mass is 10.2. The first-order valence-corrected chi connectivity index (χ1v) is 8.59. The summed E-state index contributed by atoms with van der Waals surface area (Å²) in [4.78, 5) is 35.4. The number of nitrogens with zero attached hydrogens (tertiary/aromatic N) is 4. The average molecular weight is 387 g/mol. The zero-order chi connectivity index (χ0) is 20.4. The molecule has 1 amide bonds. The van der Waals surface area contributed by atoms with Crippen LogP contribution in [0.1, 0.15) is 17.3 Å². The quantitative estimate of drug-likeness (QED) is 0.667. The van der Waals surface area contributed by atoms with Gasteiger partial charge in [-0.3, -0.25) is 4.79 Å². The van der Waals surface area contributed by atoms with Crippen LogP contribution in [0.5, 0.6) is 5.75 Å². The van der Waals surface area contributed by atoms with Crippen molar-refractivity contribution in [1.29, 1.82) is 0 Å². The molecular weight excluding hydrogens is 366 g/mol. The molecule has 10 nitrogen and oxygen atoms in total. The molecule has 1 aliphatic heterocycles. The summed E-state index contributed by atoms with van der Waals surface area (Å²) in [7, 11) is 3.45. The van der Waals surface area contributed by atoms with Crippen LogP contribution in [0.3, 0.4) is 0 Å². The van der Waals surface area contributed by atoms with E-state index < -0.39 is 5.97 Å². The first kappa shape index (κ1) is 19.4. The van der Waals surface area contributed by atoms with Crippen molar-refractivity contribution in [3.8, 4) is 5.75 Å². The monoisotopic (exact) mass is 387 g/mol.